The molecule has 4 heterocycles. The first-order valence-corrected chi connectivity index (χ1v) is 12.5. The van der Waals surface area contributed by atoms with Crippen molar-refractivity contribution in [3.8, 4) is 0 Å². The first-order chi connectivity index (χ1) is 16.3. The van der Waals surface area contributed by atoms with E-state index in [4.69, 9.17) is 10.7 Å². The van der Waals surface area contributed by atoms with E-state index in [2.05, 4.69) is 71.1 Å². The lowest BCUT2D eigenvalue weighted by molar-refractivity contribution is 0.284. The minimum atomic E-state index is 0.279. The lowest BCUT2D eigenvalue weighted by atomic mass is 9.96. The molecule has 0 spiro atoms. The van der Waals surface area contributed by atoms with Crippen molar-refractivity contribution in [2.45, 2.75) is 58.9 Å². The molecular weight excluding hydrogens is 426 g/mol. The van der Waals surface area contributed by atoms with E-state index in [1.54, 1.807) is 0 Å². The van der Waals surface area contributed by atoms with Crippen molar-refractivity contribution in [2.75, 3.05) is 49.7 Å². The first-order valence-electron chi connectivity index (χ1n) is 12.5. The summed E-state index contributed by atoms with van der Waals surface area (Å²) in [6.45, 7) is 9.76. The zero-order valence-corrected chi connectivity index (χ0v) is 21.3. The summed E-state index contributed by atoms with van der Waals surface area (Å²) in [5.41, 5.74) is 10.1. The molecule has 1 fully saturated rings. The van der Waals surface area contributed by atoms with E-state index in [1.165, 1.54) is 24.9 Å². The fourth-order valence-corrected chi connectivity index (χ4v) is 4.96. The predicted molar refractivity (Wildman–Crippen MR) is 138 cm³/mol. The molecule has 3 N–H and O–H groups in total. The van der Waals surface area contributed by atoms with Crippen molar-refractivity contribution in [1.82, 2.24) is 29.5 Å². The Kier molecular flexibility index (Phi) is 7.50. The van der Waals surface area contributed by atoms with Crippen molar-refractivity contribution in [3.05, 3.63) is 35.3 Å². The van der Waals surface area contributed by atoms with Gasteiger partial charge < -0.3 is 20.9 Å². The molecule has 0 bridgehead atoms. The summed E-state index contributed by atoms with van der Waals surface area (Å²) >= 11 is 0. The lowest BCUT2D eigenvalue weighted by Crippen LogP contribution is -2.37. The number of aryl methyl sites for hydroxylation is 1. The van der Waals surface area contributed by atoms with Gasteiger partial charge in [0.15, 0.2) is 11.5 Å². The second-order valence-corrected chi connectivity index (χ2v) is 9.99. The molecule has 0 aromatic carbocycles. The van der Waals surface area contributed by atoms with Gasteiger partial charge in [0.25, 0.3) is 0 Å². The van der Waals surface area contributed by atoms with Crippen LogP contribution in [-0.4, -0.2) is 69.2 Å². The largest absolute Gasteiger partial charge is 0.380 e. The van der Waals surface area contributed by atoms with Gasteiger partial charge in [-0.1, -0.05) is 19.4 Å². The van der Waals surface area contributed by atoms with Crippen LogP contribution in [0.5, 0.6) is 0 Å². The second kappa shape index (κ2) is 10.5. The first kappa shape index (κ1) is 24.2. The molecule has 0 aliphatic carbocycles. The Balaban J connectivity index is 1.48. The topological polar surface area (TPSA) is 100 Å². The number of hydrogen-bond donors (Lipinski definition) is 2. The molecule has 1 saturated heterocycles. The molecule has 3 aromatic rings. The van der Waals surface area contributed by atoms with Gasteiger partial charge in [-0.3, -0.25) is 0 Å². The van der Waals surface area contributed by atoms with E-state index in [1.807, 2.05) is 16.9 Å². The predicted octanol–water partition coefficient (Wildman–Crippen LogP) is 3.38. The standard InChI is InChI=1S/C25H39N9/c1-6-7-18(3)29-25-30-22(26)24-28-15-21(34(24)31-25)13-20-12-17(2)23(27-14-20)33-10-8-19(9-11-33)16-32(4)5/h12,14-15,18-19H,6-11,13,16H2,1-5H3,(H3,26,29,30,31)/t18-/m1/s1. The molecule has 9 heteroatoms. The van der Waals surface area contributed by atoms with Gasteiger partial charge in [0.05, 0.1) is 11.9 Å². The zero-order chi connectivity index (χ0) is 24.2. The van der Waals surface area contributed by atoms with Crippen molar-refractivity contribution in [2.24, 2.45) is 5.92 Å². The third-order valence-electron chi connectivity index (χ3n) is 6.59. The highest BCUT2D eigenvalue weighted by molar-refractivity contribution is 5.61. The number of aromatic nitrogens is 5. The molecular formula is C25H39N9. The highest BCUT2D eigenvalue weighted by atomic mass is 15.3. The smallest absolute Gasteiger partial charge is 0.243 e. The molecule has 1 aliphatic rings. The highest BCUT2D eigenvalue weighted by Gasteiger charge is 2.22. The fraction of sp³-hybridized carbons (Fsp3) is 0.600. The fourth-order valence-electron chi connectivity index (χ4n) is 4.96. The quantitative estimate of drug-likeness (QED) is 0.496. The Labute approximate surface area is 202 Å². The average molecular weight is 466 g/mol. The van der Waals surface area contributed by atoms with Crippen molar-refractivity contribution in [1.29, 1.82) is 0 Å². The number of piperidine rings is 1. The van der Waals surface area contributed by atoms with Gasteiger partial charge in [0.1, 0.15) is 5.82 Å². The molecule has 0 radical (unpaired) electrons. The third-order valence-corrected chi connectivity index (χ3v) is 6.59. The van der Waals surface area contributed by atoms with Gasteiger partial charge in [-0.05, 0) is 64.3 Å². The highest BCUT2D eigenvalue weighted by Crippen LogP contribution is 2.26. The van der Waals surface area contributed by atoms with Gasteiger partial charge in [0, 0.05) is 38.3 Å². The van der Waals surface area contributed by atoms with Gasteiger partial charge in [-0.2, -0.15) is 4.98 Å². The maximum Gasteiger partial charge on any atom is 0.243 e. The second-order valence-electron chi connectivity index (χ2n) is 9.99. The maximum absolute atomic E-state index is 6.18. The van der Waals surface area contributed by atoms with Crippen molar-refractivity contribution >= 4 is 23.2 Å². The summed E-state index contributed by atoms with van der Waals surface area (Å²) in [7, 11) is 4.32. The molecule has 3 aromatic heterocycles. The number of nitrogens with two attached hydrogens (primary N) is 1. The molecule has 184 valence electrons. The number of pyridine rings is 1. The van der Waals surface area contributed by atoms with E-state index in [0.29, 0.717) is 23.8 Å². The molecule has 1 atom stereocenters. The summed E-state index contributed by atoms with van der Waals surface area (Å²) < 4.78 is 1.81. The molecule has 0 saturated carbocycles. The van der Waals surface area contributed by atoms with Crippen LogP contribution in [0.1, 0.15) is 56.4 Å². The van der Waals surface area contributed by atoms with Crippen LogP contribution >= 0.6 is 0 Å². The number of nitrogens with one attached hydrogen (secondary N) is 1. The minimum absolute atomic E-state index is 0.279. The van der Waals surface area contributed by atoms with Crippen LogP contribution in [0.15, 0.2) is 18.5 Å². The summed E-state index contributed by atoms with van der Waals surface area (Å²) in [5, 5.41) is 8.03. The normalized spacial score (nSPS) is 15.9. The van der Waals surface area contributed by atoms with Crippen LogP contribution in [0.4, 0.5) is 17.6 Å². The molecule has 34 heavy (non-hydrogen) atoms. The van der Waals surface area contributed by atoms with E-state index < -0.39 is 0 Å². The van der Waals surface area contributed by atoms with Crippen LogP contribution in [0.25, 0.3) is 5.65 Å². The van der Waals surface area contributed by atoms with Gasteiger partial charge in [0.2, 0.25) is 5.95 Å². The van der Waals surface area contributed by atoms with Gasteiger partial charge in [-0.15, -0.1) is 5.10 Å². The molecule has 0 amide bonds. The SMILES string of the molecule is CCC[C@@H](C)Nc1nc(N)c2ncc(Cc3cnc(N4CCC(CN(C)C)CC4)c(C)c3)n2n1. The summed E-state index contributed by atoms with van der Waals surface area (Å²) in [5.74, 6) is 2.80. The van der Waals surface area contributed by atoms with E-state index in [9.17, 15) is 0 Å². The van der Waals surface area contributed by atoms with Crippen molar-refractivity contribution < 1.29 is 0 Å². The van der Waals surface area contributed by atoms with Gasteiger partial charge in [-0.25, -0.2) is 14.5 Å². The molecule has 9 nitrogen and oxygen atoms in total. The molecule has 4 rings (SSSR count). The Morgan fingerprint density at radius 3 is 2.65 bits per heavy atom. The Bertz CT molecular complexity index is 1100. The molecule has 1 aliphatic heterocycles. The average Bonchev–Trinajstić information content (AvgIpc) is 3.17. The lowest BCUT2D eigenvalue weighted by Gasteiger charge is -2.34. The third kappa shape index (κ3) is 5.58. The Hall–Kier alpha value is -2.94. The number of nitrogen functional groups attached to an aromatic ring is 1. The number of fused-ring (bicyclic) bond motifs is 1. The van der Waals surface area contributed by atoms with Crippen LogP contribution in [0.2, 0.25) is 0 Å². The van der Waals surface area contributed by atoms with Crippen LogP contribution in [-0.2, 0) is 6.42 Å². The minimum Gasteiger partial charge on any atom is -0.380 e. The summed E-state index contributed by atoms with van der Waals surface area (Å²) in [6, 6.07) is 2.52. The summed E-state index contributed by atoms with van der Waals surface area (Å²) in [4.78, 5) is 18.4. The number of anilines is 3. The van der Waals surface area contributed by atoms with E-state index in [-0.39, 0.29) is 6.04 Å². The van der Waals surface area contributed by atoms with Crippen LogP contribution < -0.4 is 16.0 Å². The van der Waals surface area contributed by atoms with Gasteiger partial charge >= 0.3 is 0 Å². The van der Waals surface area contributed by atoms with E-state index in [0.717, 1.165) is 48.9 Å². The zero-order valence-electron chi connectivity index (χ0n) is 21.3. The monoisotopic (exact) mass is 465 g/mol. The Morgan fingerprint density at radius 1 is 1.21 bits per heavy atom. The van der Waals surface area contributed by atoms with Crippen LogP contribution in [0, 0.1) is 12.8 Å². The van der Waals surface area contributed by atoms with E-state index >= 15 is 0 Å². The molecule has 0 unspecified atom stereocenters. The number of nitrogens with zero attached hydrogens (tertiary/aromatic N) is 7. The number of imidazole rings is 1. The maximum atomic E-state index is 6.18. The van der Waals surface area contributed by atoms with Crippen LogP contribution in [0.3, 0.4) is 0 Å². The summed E-state index contributed by atoms with van der Waals surface area (Å²) in [6.07, 6.45) is 9.08. The number of hydrogen-bond acceptors (Lipinski definition) is 8. The Morgan fingerprint density at radius 2 is 1.97 bits per heavy atom. The van der Waals surface area contributed by atoms with Crippen molar-refractivity contribution in [3.63, 3.8) is 0 Å². The number of rotatable bonds is 9.